The predicted molar refractivity (Wildman–Crippen MR) is 82.6 cm³/mol. The minimum atomic E-state index is -0.0622. The van der Waals surface area contributed by atoms with Gasteiger partial charge in [0, 0.05) is 29.8 Å². The molecule has 1 aliphatic rings. The van der Waals surface area contributed by atoms with Crippen LogP contribution in [0.15, 0.2) is 30.5 Å². The van der Waals surface area contributed by atoms with Crippen LogP contribution in [-0.2, 0) is 6.42 Å². The summed E-state index contributed by atoms with van der Waals surface area (Å²) in [6, 6.07) is 6.69. The van der Waals surface area contributed by atoms with Crippen LogP contribution in [0.4, 0.5) is 0 Å². The summed E-state index contributed by atoms with van der Waals surface area (Å²) in [5, 5.41) is 9.32. The highest BCUT2D eigenvalue weighted by molar-refractivity contribution is 5.98. The van der Waals surface area contributed by atoms with Gasteiger partial charge in [0.25, 0.3) is 0 Å². The Bertz CT molecular complexity index is 813. The molecular formula is C18H16N2O2. The Kier molecular flexibility index (Phi) is 3.42. The summed E-state index contributed by atoms with van der Waals surface area (Å²) >= 11 is 0. The number of Topliss-reactive ketones (excluding diaryl/α,β-unsaturated/α-hetero) is 1. The summed E-state index contributed by atoms with van der Waals surface area (Å²) in [5.74, 6) is 5.87. The number of rotatable bonds is 0. The second-order valence-corrected chi connectivity index (χ2v) is 6.29. The average molecular weight is 292 g/mol. The van der Waals surface area contributed by atoms with Crippen molar-refractivity contribution < 1.29 is 9.90 Å². The fourth-order valence-corrected chi connectivity index (χ4v) is 2.62. The number of nitrogens with zero attached hydrogens (tertiary/aromatic N) is 2. The van der Waals surface area contributed by atoms with Gasteiger partial charge in [0.1, 0.15) is 5.69 Å². The van der Waals surface area contributed by atoms with Crippen LogP contribution < -0.4 is 0 Å². The molecule has 0 spiro atoms. The largest absolute Gasteiger partial charge is 0.493 e. The van der Waals surface area contributed by atoms with E-state index >= 15 is 0 Å². The Morgan fingerprint density at radius 2 is 2.05 bits per heavy atom. The predicted octanol–water partition coefficient (Wildman–Crippen LogP) is 2.74. The van der Waals surface area contributed by atoms with Crippen molar-refractivity contribution in [2.75, 3.05) is 0 Å². The van der Waals surface area contributed by atoms with Crippen LogP contribution in [0.3, 0.4) is 0 Å². The first-order valence-corrected chi connectivity index (χ1v) is 7.13. The number of carbonyl (C=O) groups is 1. The summed E-state index contributed by atoms with van der Waals surface area (Å²) in [7, 11) is 0. The molecule has 0 amide bonds. The molecule has 2 heterocycles. The van der Waals surface area contributed by atoms with E-state index in [2.05, 4.69) is 35.7 Å². The van der Waals surface area contributed by atoms with E-state index in [4.69, 9.17) is 0 Å². The molecule has 110 valence electrons. The van der Waals surface area contributed by atoms with Crippen LogP contribution >= 0.6 is 0 Å². The monoisotopic (exact) mass is 292 g/mol. The van der Waals surface area contributed by atoms with Crippen LogP contribution in [0.25, 0.3) is 0 Å². The molecule has 1 N–H and O–H groups in total. The molecule has 0 bridgehead atoms. The molecule has 0 aliphatic heterocycles. The number of hydrogen-bond donors (Lipinski definition) is 1. The summed E-state index contributed by atoms with van der Waals surface area (Å²) in [4.78, 5) is 20.5. The first-order chi connectivity index (χ1) is 10.4. The Morgan fingerprint density at radius 1 is 1.23 bits per heavy atom. The highest BCUT2D eigenvalue weighted by atomic mass is 16.3. The third-order valence-corrected chi connectivity index (χ3v) is 3.63. The van der Waals surface area contributed by atoms with Crippen LogP contribution in [-0.4, -0.2) is 20.9 Å². The Labute approximate surface area is 129 Å². The topological polar surface area (TPSA) is 63.1 Å². The molecule has 22 heavy (non-hydrogen) atoms. The number of aromatic hydroxyl groups is 1. The van der Waals surface area contributed by atoms with E-state index in [0.29, 0.717) is 23.2 Å². The van der Waals surface area contributed by atoms with E-state index in [1.807, 2.05) is 0 Å². The maximum Gasteiger partial charge on any atom is 0.211 e. The molecular weight excluding hydrogens is 276 g/mol. The fourth-order valence-electron chi connectivity index (χ4n) is 2.62. The lowest BCUT2D eigenvalue weighted by Crippen LogP contribution is -2.27. The van der Waals surface area contributed by atoms with Crippen molar-refractivity contribution in [1.29, 1.82) is 0 Å². The molecule has 3 rings (SSSR count). The average Bonchev–Trinajstić information content (AvgIpc) is 2.44. The zero-order chi connectivity index (χ0) is 15.7. The molecule has 4 nitrogen and oxygen atoms in total. The molecule has 1 aliphatic carbocycles. The van der Waals surface area contributed by atoms with Gasteiger partial charge in [-0.25, -0.2) is 4.98 Å². The van der Waals surface area contributed by atoms with Gasteiger partial charge in [0.05, 0.1) is 5.69 Å². The molecule has 0 saturated carbocycles. The quantitative estimate of drug-likeness (QED) is 0.758. The first kappa shape index (κ1) is 14.3. The summed E-state index contributed by atoms with van der Waals surface area (Å²) < 4.78 is 0. The lowest BCUT2D eigenvalue weighted by Gasteiger charge is -2.29. The third kappa shape index (κ3) is 2.99. The van der Waals surface area contributed by atoms with Gasteiger partial charge in [-0.15, -0.1) is 0 Å². The molecule has 0 atom stereocenters. The van der Waals surface area contributed by atoms with E-state index in [1.54, 1.807) is 24.4 Å². The third-order valence-electron chi connectivity index (χ3n) is 3.63. The van der Waals surface area contributed by atoms with E-state index in [1.165, 1.54) is 6.07 Å². The first-order valence-electron chi connectivity index (χ1n) is 7.13. The molecule has 4 heteroatoms. The van der Waals surface area contributed by atoms with Gasteiger partial charge in [-0.05, 0) is 29.9 Å². The van der Waals surface area contributed by atoms with Gasteiger partial charge in [-0.3, -0.25) is 9.78 Å². The minimum Gasteiger partial charge on any atom is -0.493 e. The van der Waals surface area contributed by atoms with E-state index in [0.717, 1.165) is 12.1 Å². The maximum absolute atomic E-state index is 12.2. The number of hydrogen-bond acceptors (Lipinski definition) is 4. The smallest absolute Gasteiger partial charge is 0.211 e. The van der Waals surface area contributed by atoms with Gasteiger partial charge < -0.3 is 5.11 Å². The SMILES string of the molecule is CC1(C)CC(=O)c2cc(C#Cc3cccc(O)n3)cnc2C1. The van der Waals surface area contributed by atoms with Crippen molar-refractivity contribution in [1.82, 2.24) is 9.97 Å². The van der Waals surface area contributed by atoms with Crippen LogP contribution in [0.5, 0.6) is 5.88 Å². The van der Waals surface area contributed by atoms with Crippen molar-refractivity contribution in [3.05, 3.63) is 53.0 Å². The molecule has 0 unspecified atom stereocenters. The summed E-state index contributed by atoms with van der Waals surface area (Å²) in [6.45, 7) is 4.16. The highest BCUT2D eigenvalue weighted by Gasteiger charge is 2.31. The lowest BCUT2D eigenvalue weighted by molar-refractivity contribution is 0.0910. The lowest BCUT2D eigenvalue weighted by atomic mass is 9.75. The molecule has 0 aromatic carbocycles. The molecule has 2 aromatic heterocycles. The zero-order valence-corrected chi connectivity index (χ0v) is 12.6. The van der Waals surface area contributed by atoms with Gasteiger partial charge in [0.2, 0.25) is 5.88 Å². The number of aromatic nitrogens is 2. The van der Waals surface area contributed by atoms with Crippen molar-refractivity contribution in [3.8, 4) is 17.7 Å². The minimum absolute atomic E-state index is 0.0320. The zero-order valence-electron chi connectivity index (χ0n) is 12.6. The van der Waals surface area contributed by atoms with Gasteiger partial charge >= 0.3 is 0 Å². The number of fused-ring (bicyclic) bond motifs is 1. The van der Waals surface area contributed by atoms with Gasteiger partial charge in [-0.1, -0.05) is 25.8 Å². The number of pyridine rings is 2. The highest BCUT2D eigenvalue weighted by Crippen LogP contribution is 2.33. The Morgan fingerprint density at radius 3 is 2.82 bits per heavy atom. The van der Waals surface area contributed by atoms with Gasteiger partial charge in [-0.2, -0.15) is 0 Å². The van der Waals surface area contributed by atoms with Gasteiger partial charge in [0.15, 0.2) is 5.78 Å². The number of ketones is 1. The second kappa shape index (κ2) is 5.27. The summed E-state index contributed by atoms with van der Waals surface area (Å²) in [6.07, 6.45) is 3.02. The standard InChI is InChI=1S/C18H16N2O2/c1-18(2)9-15-14(16(21)10-18)8-12(11-19-15)6-7-13-4-3-5-17(22)20-13/h3-5,8,11H,9-10H2,1-2H3,(H,20,22). The van der Waals surface area contributed by atoms with Crippen molar-refractivity contribution >= 4 is 5.78 Å². The second-order valence-electron chi connectivity index (χ2n) is 6.29. The fraction of sp³-hybridized carbons (Fsp3) is 0.278. The maximum atomic E-state index is 12.2. The van der Waals surface area contributed by atoms with Crippen LogP contribution in [0.1, 0.15) is 47.6 Å². The Balaban J connectivity index is 1.92. The summed E-state index contributed by atoms with van der Waals surface area (Å²) in [5.41, 5.74) is 2.65. The molecule has 0 radical (unpaired) electrons. The molecule has 0 fully saturated rings. The van der Waals surface area contributed by atoms with E-state index < -0.39 is 0 Å². The Hall–Kier alpha value is -2.67. The normalized spacial score (nSPS) is 15.6. The molecule has 2 aromatic rings. The molecule has 0 saturated heterocycles. The number of carbonyl (C=O) groups excluding carboxylic acids is 1. The van der Waals surface area contributed by atoms with E-state index in [-0.39, 0.29) is 17.1 Å². The van der Waals surface area contributed by atoms with Crippen LogP contribution in [0.2, 0.25) is 0 Å². The van der Waals surface area contributed by atoms with E-state index in [9.17, 15) is 9.90 Å². The van der Waals surface area contributed by atoms with Crippen LogP contribution in [0, 0.1) is 17.3 Å². The van der Waals surface area contributed by atoms with Crippen molar-refractivity contribution in [2.45, 2.75) is 26.7 Å². The van der Waals surface area contributed by atoms with Crippen molar-refractivity contribution in [2.24, 2.45) is 5.41 Å². The van der Waals surface area contributed by atoms with Crippen molar-refractivity contribution in [3.63, 3.8) is 0 Å².